The van der Waals surface area contributed by atoms with E-state index in [9.17, 15) is 4.79 Å². The highest BCUT2D eigenvalue weighted by molar-refractivity contribution is 6.30. The number of anilines is 1. The second-order valence-corrected chi connectivity index (χ2v) is 6.52. The zero-order valence-corrected chi connectivity index (χ0v) is 15.6. The predicted molar refractivity (Wildman–Crippen MR) is 108 cm³/mol. The number of halogens is 1. The summed E-state index contributed by atoms with van der Waals surface area (Å²) in [5, 5.41) is 6.82. The first-order valence-corrected chi connectivity index (χ1v) is 9.21. The number of nitrogens with one attached hydrogen (secondary N) is 2. The van der Waals surface area contributed by atoms with Crippen molar-refractivity contribution in [1.29, 1.82) is 0 Å². The molecule has 1 aromatic heterocycles. The summed E-state index contributed by atoms with van der Waals surface area (Å²) >= 11 is 5.87. The van der Waals surface area contributed by atoms with Crippen molar-refractivity contribution >= 4 is 23.3 Å². The van der Waals surface area contributed by atoms with Crippen LogP contribution in [0.4, 0.5) is 5.82 Å². The normalized spacial score (nSPS) is 10.4. The molecule has 0 unspecified atom stereocenters. The van der Waals surface area contributed by atoms with Crippen LogP contribution in [0.1, 0.15) is 21.6 Å². The standard InChI is InChI=1S/C21H21ClN4O/c22-18-8-6-17(7-9-18)11-13-24-21(27)19-14-20(26-15-25-19)23-12-10-16-4-2-1-3-5-16/h1-9,14-15H,10-13H2,(H,24,27)(H,23,25,26). The molecule has 2 N–H and O–H groups in total. The summed E-state index contributed by atoms with van der Waals surface area (Å²) in [6, 6.07) is 19.5. The molecule has 0 aliphatic rings. The number of benzene rings is 2. The summed E-state index contributed by atoms with van der Waals surface area (Å²) in [5.74, 6) is 0.432. The van der Waals surface area contributed by atoms with E-state index in [-0.39, 0.29) is 5.91 Å². The van der Waals surface area contributed by atoms with Gasteiger partial charge in [0.05, 0.1) is 0 Å². The Morgan fingerprint density at radius 2 is 1.59 bits per heavy atom. The van der Waals surface area contributed by atoms with E-state index in [4.69, 9.17) is 11.6 Å². The fraction of sp³-hybridized carbons (Fsp3) is 0.190. The lowest BCUT2D eigenvalue weighted by molar-refractivity contribution is 0.0949. The van der Waals surface area contributed by atoms with Crippen molar-refractivity contribution in [3.63, 3.8) is 0 Å². The first kappa shape index (κ1) is 18.9. The molecule has 0 atom stereocenters. The highest BCUT2D eigenvalue weighted by atomic mass is 35.5. The van der Waals surface area contributed by atoms with Crippen LogP contribution in [0.3, 0.4) is 0 Å². The summed E-state index contributed by atoms with van der Waals surface area (Å²) in [6.45, 7) is 1.26. The van der Waals surface area contributed by atoms with Gasteiger partial charge in [0.2, 0.25) is 0 Å². The van der Waals surface area contributed by atoms with E-state index < -0.39 is 0 Å². The van der Waals surface area contributed by atoms with Crippen LogP contribution in [0.5, 0.6) is 0 Å². The molecule has 0 spiro atoms. The van der Waals surface area contributed by atoms with Crippen molar-refractivity contribution in [2.75, 3.05) is 18.4 Å². The van der Waals surface area contributed by atoms with Gasteiger partial charge in [-0.05, 0) is 36.1 Å². The van der Waals surface area contributed by atoms with Gasteiger partial charge < -0.3 is 10.6 Å². The molecule has 2 aromatic carbocycles. The molecule has 0 saturated heterocycles. The van der Waals surface area contributed by atoms with Gasteiger partial charge in [-0.25, -0.2) is 9.97 Å². The number of carbonyl (C=O) groups excluding carboxylic acids is 1. The Labute approximate surface area is 163 Å². The van der Waals surface area contributed by atoms with Crippen LogP contribution in [-0.4, -0.2) is 29.0 Å². The maximum atomic E-state index is 12.3. The summed E-state index contributed by atoms with van der Waals surface area (Å²) in [4.78, 5) is 20.5. The lowest BCUT2D eigenvalue weighted by Gasteiger charge is -2.08. The number of carbonyl (C=O) groups is 1. The fourth-order valence-electron chi connectivity index (χ4n) is 2.62. The summed E-state index contributed by atoms with van der Waals surface area (Å²) in [6.07, 6.45) is 3.02. The molecular weight excluding hydrogens is 360 g/mol. The van der Waals surface area contributed by atoms with Crippen molar-refractivity contribution in [1.82, 2.24) is 15.3 Å². The number of nitrogens with zero attached hydrogens (tertiary/aromatic N) is 2. The molecule has 0 aliphatic heterocycles. The van der Waals surface area contributed by atoms with Gasteiger partial charge in [0.1, 0.15) is 17.8 Å². The van der Waals surface area contributed by atoms with Gasteiger partial charge in [-0.15, -0.1) is 0 Å². The molecule has 5 nitrogen and oxygen atoms in total. The van der Waals surface area contributed by atoms with Gasteiger partial charge in [-0.3, -0.25) is 4.79 Å². The zero-order chi connectivity index (χ0) is 18.9. The maximum absolute atomic E-state index is 12.3. The van der Waals surface area contributed by atoms with Gasteiger partial charge in [0.25, 0.3) is 5.91 Å². The molecule has 3 rings (SSSR count). The minimum atomic E-state index is -0.211. The fourth-order valence-corrected chi connectivity index (χ4v) is 2.75. The second-order valence-electron chi connectivity index (χ2n) is 6.08. The number of aromatic nitrogens is 2. The molecule has 0 fully saturated rings. The largest absolute Gasteiger partial charge is 0.370 e. The molecule has 0 bridgehead atoms. The van der Waals surface area contributed by atoms with Crippen LogP contribution in [0.2, 0.25) is 5.02 Å². The van der Waals surface area contributed by atoms with Crippen LogP contribution in [0.25, 0.3) is 0 Å². The number of hydrogen-bond acceptors (Lipinski definition) is 4. The molecule has 1 heterocycles. The third-order valence-corrected chi connectivity index (χ3v) is 4.33. The third kappa shape index (κ3) is 6.08. The van der Waals surface area contributed by atoms with Crippen molar-refractivity contribution < 1.29 is 4.79 Å². The van der Waals surface area contributed by atoms with Gasteiger partial charge in [-0.2, -0.15) is 0 Å². The van der Waals surface area contributed by atoms with Crippen LogP contribution >= 0.6 is 11.6 Å². The van der Waals surface area contributed by atoms with Gasteiger partial charge in [0, 0.05) is 24.2 Å². The summed E-state index contributed by atoms with van der Waals surface area (Å²) < 4.78 is 0. The first-order chi connectivity index (χ1) is 13.2. The van der Waals surface area contributed by atoms with E-state index in [1.165, 1.54) is 11.9 Å². The molecule has 1 amide bonds. The lowest BCUT2D eigenvalue weighted by atomic mass is 10.1. The molecule has 0 aliphatic carbocycles. The van der Waals surface area contributed by atoms with Crippen LogP contribution in [0, 0.1) is 0 Å². The Bertz CT molecular complexity index is 869. The molecule has 0 saturated carbocycles. The quantitative estimate of drug-likeness (QED) is 0.624. The van der Waals surface area contributed by atoms with E-state index in [2.05, 4.69) is 32.7 Å². The van der Waals surface area contributed by atoms with E-state index in [1.807, 2.05) is 42.5 Å². The van der Waals surface area contributed by atoms with Crippen molar-refractivity contribution in [2.24, 2.45) is 0 Å². The van der Waals surface area contributed by atoms with Crippen molar-refractivity contribution in [2.45, 2.75) is 12.8 Å². The lowest BCUT2D eigenvalue weighted by Crippen LogP contribution is -2.26. The topological polar surface area (TPSA) is 66.9 Å². The van der Waals surface area contributed by atoms with Crippen LogP contribution in [0.15, 0.2) is 67.0 Å². The average molecular weight is 381 g/mol. The van der Waals surface area contributed by atoms with Gasteiger partial charge in [-0.1, -0.05) is 54.1 Å². The van der Waals surface area contributed by atoms with Gasteiger partial charge in [0.15, 0.2) is 0 Å². The Balaban J connectivity index is 1.47. The minimum Gasteiger partial charge on any atom is -0.370 e. The van der Waals surface area contributed by atoms with Crippen LogP contribution in [-0.2, 0) is 12.8 Å². The molecule has 6 heteroatoms. The number of rotatable bonds is 8. The zero-order valence-electron chi connectivity index (χ0n) is 14.9. The summed E-state index contributed by atoms with van der Waals surface area (Å²) in [5.41, 5.74) is 2.72. The average Bonchev–Trinajstić information content (AvgIpc) is 2.70. The Morgan fingerprint density at radius 3 is 2.37 bits per heavy atom. The molecule has 0 radical (unpaired) electrons. The molecule has 3 aromatic rings. The van der Waals surface area contributed by atoms with E-state index in [0.29, 0.717) is 23.1 Å². The Morgan fingerprint density at radius 1 is 0.889 bits per heavy atom. The van der Waals surface area contributed by atoms with Crippen molar-refractivity contribution in [3.05, 3.63) is 88.8 Å². The summed E-state index contributed by atoms with van der Waals surface area (Å²) in [7, 11) is 0. The third-order valence-electron chi connectivity index (χ3n) is 4.07. The first-order valence-electron chi connectivity index (χ1n) is 8.83. The number of hydrogen-bond donors (Lipinski definition) is 2. The Kier molecular flexibility index (Phi) is 6.77. The van der Waals surface area contributed by atoms with E-state index >= 15 is 0 Å². The molecule has 27 heavy (non-hydrogen) atoms. The van der Waals surface area contributed by atoms with Crippen molar-refractivity contribution in [3.8, 4) is 0 Å². The smallest absolute Gasteiger partial charge is 0.270 e. The SMILES string of the molecule is O=C(NCCc1ccc(Cl)cc1)c1cc(NCCc2ccccc2)ncn1. The van der Waals surface area contributed by atoms with Gasteiger partial charge >= 0.3 is 0 Å². The number of amides is 1. The minimum absolute atomic E-state index is 0.211. The van der Waals surface area contributed by atoms with E-state index in [0.717, 1.165) is 24.9 Å². The molecule has 138 valence electrons. The highest BCUT2D eigenvalue weighted by Crippen LogP contribution is 2.10. The monoisotopic (exact) mass is 380 g/mol. The molecular formula is C21H21ClN4O. The Hall–Kier alpha value is -2.92. The van der Waals surface area contributed by atoms with E-state index in [1.54, 1.807) is 6.07 Å². The maximum Gasteiger partial charge on any atom is 0.270 e. The predicted octanol–water partition coefficient (Wildman–Crippen LogP) is 3.76. The van der Waals surface area contributed by atoms with Crippen LogP contribution < -0.4 is 10.6 Å². The highest BCUT2D eigenvalue weighted by Gasteiger charge is 2.08. The second kappa shape index (κ2) is 9.69.